The highest BCUT2D eigenvalue weighted by atomic mass is 79.9. The Morgan fingerprint density at radius 1 is 1.20 bits per heavy atom. The van der Waals surface area contributed by atoms with Crippen LogP contribution in [-0.4, -0.2) is 23.4 Å². The second-order valence-corrected chi connectivity index (χ2v) is 6.08. The number of hydrogen-bond acceptors (Lipinski definition) is 2. The van der Waals surface area contributed by atoms with Crippen molar-refractivity contribution in [3.05, 3.63) is 52.3 Å². The second kappa shape index (κ2) is 7.60. The lowest BCUT2D eigenvalue weighted by Crippen LogP contribution is -2.22. The number of benzene rings is 1. The van der Waals surface area contributed by atoms with E-state index in [1.165, 1.54) is 11.1 Å². The van der Waals surface area contributed by atoms with Crippen LogP contribution < -0.4 is 5.32 Å². The summed E-state index contributed by atoms with van der Waals surface area (Å²) in [6, 6.07) is 8.62. The fourth-order valence-electron chi connectivity index (χ4n) is 2.48. The summed E-state index contributed by atoms with van der Waals surface area (Å²) in [7, 11) is 2.02. The number of nitrogens with zero attached hydrogens (tertiary/aromatic N) is 2. The van der Waals surface area contributed by atoms with Crippen molar-refractivity contribution in [2.45, 2.75) is 26.3 Å². The van der Waals surface area contributed by atoms with E-state index in [1.54, 1.807) is 0 Å². The Labute approximate surface area is 129 Å². The van der Waals surface area contributed by atoms with Gasteiger partial charge in [-0.25, -0.2) is 0 Å². The smallest absolute Gasteiger partial charge is 0.0521 e. The molecule has 0 aliphatic heterocycles. The lowest BCUT2D eigenvalue weighted by Gasteiger charge is -2.16. The minimum atomic E-state index is 0.593. The normalized spacial score (nSPS) is 12.6. The molecule has 0 amide bonds. The molecule has 0 aliphatic carbocycles. The number of nitrogens with one attached hydrogen (secondary N) is 1. The molecule has 2 aromatic rings. The summed E-state index contributed by atoms with van der Waals surface area (Å²) >= 11 is 3.48. The molecule has 108 valence electrons. The molecular weight excluding hydrogens is 314 g/mol. The predicted molar refractivity (Wildman–Crippen MR) is 86.9 cm³/mol. The van der Waals surface area contributed by atoms with Gasteiger partial charge in [0.1, 0.15) is 0 Å². The van der Waals surface area contributed by atoms with Crippen molar-refractivity contribution < 1.29 is 0 Å². The van der Waals surface area contributed by atoms with E-state index in [4.69, 9.17) is 0 Å². The van der Waals surface area contributed by atoms with Crippen molar-refractivity contribution in [3.63, 3.8) is 0 Å². The van der Waals surface area contributed by atoms with Crippen LogP contribution in [0.4, 0.5) is 0 Å². The third-order valence-corrected chi connectivity index (χ3v) is 3.99. The molecule has 3 nitrogen and oxygen atoms in total. The van der Waals surface area contributed by atoms with E-state index in [-0.39, 0.29) is 0 Å². The fraction of sp³-hybridized carbons (Fsp3) is 0.438. The van der Waals surface area contributed by atoms with Crippen LogP contribution >= 0.6 is 15.9 Å². The summed E-state index contributed by atoms with van der Waals surface area (Å²) in [5, 5.41) is 7.66. The van der Waals surface area contributed by atoms with Gasteiger partial charge in [-0.05, 0) is 62.5 Å². The van der Waals surface area contributed by atoms with Gasteiger partial charge >= 0.3 is 0 Å². The van der Waals surface area contributed by atoms with E-state index in [9.17, 15) is 0 Å². The van der Waals surface area contributed by atoms with E-state index in [1.807, 2.05) is 17.9 Å². The van der Waals surface area contributed by atoms with E-state index in [2.05, 4.69) is 63.7 Å². The second-order valence-electron chi connectivity index (χ2n) is 5.16. The first-order valence-corrected chi connectivity index (χ1v) is 7.91. The first-order valence-electron chi connectivity index (χ1n) is 7.11. The molecule has 0 saturated heterocycles. The standard InChI is InChI=1S/C16H22BrN3/c1-3-20-12-15(11-19-20)9-14(10-18-2)8-13-4-6-16(17)7-5-13/h4-7,11-12,14,18H,3,8-10H2,1-2H3. The highest BCUT2D eigenvalue weighted by Crippen LogP contribution is 2.17. The van der Waals surface area contributed by atoms with Gasteiger partial charge in [-0.2, -0.15) is 5.10 Å². The first kappa shape index (κ1) is 15.3. The summed E-state index contributed by atoms with van der Waals surface area (Å²) in [5.41, 5.74) is 2.71. The molecule has 1 aromatic heterocycles. The van der Waals surface area contributed by atoms with Crippen LogP contribution in [0.15, 0.2) is 41.1 Å². The average Bonchev–Trinajstić information content (AvgIpc) is 2.89. The Balaban J connectivity index is 2.00. The molecule has 0 saturated carbocycles. The minimum absolute atomic E-state index is 0.593. The topological polar surface area (TPSA) is 29.9 Å². The summed E-state index contributed by atoms with van der Waals surface area (Å²) in [5.74, 6) is 0.593. The molecule has 1 aromatic carbocycles. The third kappa shape index (κ3) is 4.46. The molecule has 1 heterocycles. The SMILES string of the molecule is CCn1cc(CC(CNC)Cc2ccc(Br)cc2)cn1. The lowest BCUT2D eigenvalue weighted by molar-refractivity contribution is 0.493. The van der Waals surface area contributed by atoms with E-state index >= 15 is 0 Å². The molecule has 2 rings (SSSR count). The molecule has 20 heavy (non-hydrogen) atoms. The Bertz CT molecular complexity index is 519. The van der Waals surface area contributed by atoms with Crippen molar-refractivity contribution in [3.8, 4) is 0 Å². The van der Waals surface area contributed by atoms with Crippen LogP contribution in [0.2, 0.25) is 0 Å². The number of aryl methyl sites for hydroxylation is 1. The maximum absolute atomic E-state index is 4.36. The number of hydrogen-bond donors (Lipinski definition) is 1. The maximum atomic E-state index is 4.36. The Kier molecular flexibility index (Phi) is 5.80. The van der Waals surface area contributed by atoms with Gasteiger partial charge in [-0.15, -0.1) is 0 Å². The summed E-state index contributed by atoms with van der Waals surface area (Å²) in [6.07, 6.45) is 6.31. The third-order valence-electron chi connectivity index (χ3n) is 3.47. The van der Waals surface area contributed by atoms with Gasteiger partial charge in [0.15, 0.2) is 0 Å². The van der Waals surface area contributed by atoms with Crippen LogP contribution in [0.3, 0.4) is 0 Å². The fourth-order valence-corrected chi connectivity index (χ4v) is 2.74. The Morgan fingerprint density at radius 2 is 1.90 bits per heavy atom. The van der Waals surface area contributed by atoms with Crippen molar-refractivity contribution in [1.82, 2.24) is 15.1 Å². The minimum Gasteiger partial charge on any atom is -0.319 e. The molecular formula is C16H22BrN3. The molecule has 1 unspecified atom stereocenters. The Morgan fingerprint density at radius 3 is 2.50 bits per heavy atom. The molecule has 0 bridgehead atoms. The first-order chi connectivity index (χ1) is 9.71. The zero-order valence-corrected chi connectivity index (χ0v) is 13.7. The lowest BCUT2D eigenvalue weighted by atomic mass is 9.94. The van der Waals surface area contributed by atoms with Gasteiger partial charge in [0.2, 0.25) is 0 Å². The zero-order chi connectivity index (χ0) is 14.4. The van der Waals surface area contributed by atoms with Crippen LogP contribution in [0.5, 0.6) is 0 Å². The molecule has 0 aliphatic rings. The van der Waals surface area contributed by atoms with Gasteiger partial charge in [0, 0.05) is 17.2 Å². The largest absolute Gasteiger partial charge is 0.319 e. The highest BCUT2D eigenvalue weighted by molar-refractivity contribution is 9.10. The summed E-state index contributed by atoms with van der Waals surface area (Å²) in [4.78, 5) is 0. The van der Waals surface area contributed by atoms with Crippen LogP contribution in [0.25, 0.3) is 0 Å². The number of rotatable bonds is 7. The molecule has 1 N–H and O–H groups in total. The Hall–Kier alpha value is -1.13. The molecule has 0 radical (unpaired) electrons. The van der Waals surface area contributed by atoms with Crippen molar-refractivity contribution in [2.24, 2.45) is 5.92 Å². The molecule has 1 atom stereocenters. The van der Waals surface area contributed by atoms with Crippen LogP contribution in [0.1, 0.15) is 18.1 Å². The quantitative estimate of drug-likeness (QED) is 0.841. The monoisotopic (exact) mass is 335 g/mol. The van der Waals surface area contributed by atoms with Crippen molar-refractivity contribution in [1.29, 1.82) is 0 Å². The van der Waals surface area contributed by atoms with Crippen LogP contribution in [0, 0.1) is 5.92 Å². The summed E-state index contributed by atoms with van der Waals surface area (Å²) in [6.45, 7) is 4.07. The van der Waals surface area contributed by atoms with Crippen molar-refractivity contribution in [2.75, 3.05) is 13.6 Å². The molecule has 0 fully saturated rings. The number of aromatic nitrogens is 2. The van der Waals surface area contributed by atoms with Crippen LogP contribution in [-0.2, 0) is 19.4 Å². The summed E-state index contributed by atoms with van der Waals surface area (Å²) < 4.78 is 3.13. The zero-order valence-electron chi connectivity index (χ0n) is 12.1. The molecule has 0 spiro atoms. The molecule has 4 heteroatoms. The highest BCUT2D eigenvalue weighted by Gasteiger charge is 2.11. The van der Waals surface area contributed by atoms with E-state index in [0.29, 0.717) is 5.92 Å². The van der Waals surface area contributed by atoms with Gasteiger partial charge in [-0.3, -0.25) is 4.68 Å². The average molecular weight is 336 g/mol. The van der Waals surface area contributed by atoms with E-state index < -0.39 is 0 Å². The van der Waals surface area contributed by atoms with E-state index in [0.717, 1.165) is 30.4 Å². The van der Waals surface area contributed by atoms with Gasteiger partial charge in [0.25, 0.3) is 0 Å². The van der Waals surface area contributed by atoms with Gasteiger partial charge in [-0.1, -0.05) is 28.1 Å². The number of halogens is 1. The maximum Gasteiger partial charge on any atom is 0.0521 e. The van der Waals surface area contributed by atoms with Gasteiger partial charge in [0.05, 0.1) is 6.20 Å². The van der Waals surface area contributed by atoms with Crippen molar-refractivity contribution >= 4 is 15.9 Å². The predicted octanol–water partition coefficient (Wildman–Crippen LogP) is 3.29. The van der Waals surface area contributed by atoms with Gasteiger partial charge < -0.3 is 5.32 Å².